The molecule has 3 aromatic heterocycles. The van der Waals surface area contributed by atoms with Crippen LogP contribution in [0.2, 0.25) is 5.02 Å². The number of pyridine rings is 2. The van der Waals surface area contributed by atoms with Gasteiger partial charge in [0.1, 0.15) is 0 Å². The molecule has 0 radical (unpaired) electrons. The van der Waals surface area contributed by atoms with Gasteiger partial charge in [0.15, 0.2) is 5.65 Å². The van der Waals surface area contributed by atoms with E-state index in [1.54, 1.807) is 12.3 Å². The Labute approximate surface area is 138 Å². The Morgan fingerprint density at radius 2 is 2.26 bits per heavy atom. The van der Waals surface area contributed by atoms with Gasteiger partial charge in [-0.3, -0.25) is 4.98 Å². The van der Waals surface area contributed by atoms with E-state index in [-0.39, 0.29) is 5.69 Å². The van der Waals surface area contributed by atoms with Crippen LogP contribution in [0.4, 0.5) is 5.69 Å². The number of nitrogens with one attached hydrogen (secondary N) is 2. The third-order valence-corrected chi connectivity index (χ3v) is 3.89. The number of aromatic nitrogens is 4. The Morgan fingerprint density at radius 1 is 1.39 bits per heavy atom. The summed E-state index contributed by atoms with van der Waals surface area (Å²) in [5, 5.41) is 10.2. The molecule has 0 atom stereocenters. The third kappa shape index (κ3) is 3.53. The van der Waals surface area contributed by atoms with Gasteiger partial charge in [-0.25, -0.2) is 14.3 Å². The van der Waals surface area contributed by atoms with Gasteiger partial charge in [0, 0.05) is 24.6 Å². The molecular weight excluding hydrogens is 314 g/mol. The average Bonchev–Trinajstić information content (AvgIpc) is 2.93. The lowest BCUT2D eigenvalue weighted by atomic mass is 10.1. The quantitative estimate of drug-likeness (QED) is 0.681. The Balaban J connectivity index is 1.64. The number of rotatable bonds is 6. The third-order valence-electron chi connectivity index (χ3n) is 3.68. The van der Waals surface area contributed by atoms with Gasteiger partial charge in [0.05, 0.1) is 10.7 Å². The molecule has 0 fully saturated rings. The van der Waals surface area contributed by atoms with Gasteiger partial charge in [-0.15, -0.1) is 0 Å². The van der Waals surface area contributed by atoms with Crippen LogP contribution < -0.4 is 11.0 Å². The molecule has 3 rings (SSSR count). The highest BCUT2D eigenvalue weighted by molar-refractivity contribution is 6.30. The summed E-state index contributed by atoms with van der Waals surface area (Å²) in [6, 6.07) is 5.97. The molecule has 0 amide bonds. The molecule has 0 saturated heterocycles. The summed E-state index contributed by atoms with van der Waals surface area (Å²) in [4.78, 5) is 15.9. The molecule has 6 nitrogen and oxygen atoms in total. The number of H-pyrrole nitrogens is 1. The fourth-order valence-corrected chi connectivity index (χ4v) is 2.71. The molecule has 0 spiro atoms. The first kappa shape index (κ1) is 15.6. The van der Waals surface area contributed by atoms with Crippen LogP contribution in [0, 0.1) is 0 Å². The van der Waals surface area contributed by atoms with Gasteiger partial charge in [-0.05, 0) is 43.0 Å². The minimum Gasteiger partial charge on any atom is -0.382 e. The molecule has 120 valence electrons. The summed E-state index contributed by atoms with van der Waals surface area (Å²) in [5.74, 6) is 0. The predicted octanol–water partition coefficient (Wildman–Crippen LogP) is 2.68. The van der Waals surface area contributed by atoms with Crippen molar-refractivity contribution in [3.8, 4) is 0 Å². The van der Waals surface area contributed by atoms with Crippen molar-refractivity contribution in [3.05, 3.63) is 57.4 Å². The fourth-order valence-electron chi connectivity index (χ4n) is 2.50. The molecule has 0 saturated carbocycles. The molecule has 0 unspecified atom stereocenters. The van der Waals surface area contributed by atoms with Crippen LogP contribution in [0.3, 0.4) is 0 Å². The van der Waals surface area contributed by atoms with Gasteiger partial charge in [0.25, 0.3) is 0 Å². The SMILES string of the molecule is CCc1cc(CCCNc2cc(Cl)cn3c(=O)[nH]nc23)ccn1. The zero-order valence-corrected chi connectivity index (χ0v) is 13.6. The topological polar surface area (TPSA) is 75.1 Å². The Kier molecular flexibility index (Phi) is 4.62. The molecule has 0 bridgehead atoms. The smallest absolute Gasteiger partial charge is 0.347 e. The number of halogens is 1. The second-order valence-electron chi connectivity index (χ2n) is 5.33. The van der Waals surface area contributed by atoms with E-state index in [0.717, 1.165) is 37.2 Å². The minimum atomic E-state index is -0.297. The second-order valence-corrected chi connectivity index (χ2v) is 5.77. The van der Waals surface area contributed by atoms with Gasteiger partial charge in [-0.2, -0.15) is 5.10 Å². The summed E-state index contributed by atoms with van der Waals surface area (Å²) < 4.78 is 1.40. The van der Waals surface area contributed by atoms with E-state index in [1.165, 1.54) is 9.96 Å². The monoisotopic (exact) mass is 331 g/mol. The summed E-state index contributed by atoms with van der Waals surface area (Å²) in [6.07, 6.45) is 6.28. The Bertz CT molecular complexity index is 870. The van der Waals surface area contributed by atoms with E-state index in [0.29, 0.717) is 10.7 Å². The summed E-state index contributed by atoms with van der Waals surface area (Å²) >= 11 is 6.05. The maximum atomic E-state index is 11.6. The zero-order valence-electron chi connectivity index (χ0n) is 12.8. The van der Waals surface area contributed by atoms with Gasteiger partial charge in [-0.1, -0.05) is 18.5 Å². The molecule has 7 heteroatoms. The largest absolute Gasteiger partial charge is 0.382 e. The van der Waals surface area contributed by atoms with Crippen LogP contribution in [0.25, 0.3) is 5.65 Å². The molecule has 23 heavy (non-hydrogen) atoms. The first-order valence-electron chi connectivity index (χ1n) is 7.61. The van der Waals surface area contributed by atoms with E-state index in [4.69, 9.17) is 11.6 Å². The van der Waals surface area contributed by atoms with Crippen LogP contribution in [0.5, 0.6) is 0 Å². The van der Waals surface area contributed by atoms with Crippen LogP contribution in [-0.4, -0.2) is 26.1 Å². The highest BCUT2D eigenvalue weighted by atomic mass is 35.5. The van der Waals surface area contributed by atoms with E-state index in [2.05, 4.69) is 33.5 Å². The van der Waals surface area contributed by atoms with Gasteiger partial charge >= 0.3 is 5.69 Å². The highest BCUT2D eigenvalue weighted by Gasteiger charge is 2.07. The molecule has 0 aliphatic carbocycles. The summed E-state index contributed by atoms with van der Waals surface area (Å²) in [7, 11) is 0. The van der Waals surface area contributed by atoms with Crippen molar-refractivity contribution in [2.75, 3.05) is 11.9 Å². The van der Waals surface area contributed by atoms with E-state index < -0.39 is 0 Å². The number of aryl methyl sites for hydroxylation is 2. The lowest BCUT2D eigenvalue weighted by molar-refractivity contribution is 0.855. The van der Waals surface area contributed by atoms with Crippen molar-refractivity contribution < 1.29 is 0 Å². The van der Waals surface area contributed by atoms with Gasteiger partial charge in [0.2, 0.25) is 0 Å². The first-order chi connectivity index (χ1) is 11.2. The van der Waals surface area contributed by atoms with Crippen molar-refractivity contribution in [1.29, 1.82) is 0 Å². The predicted molar refractivity (Wildman–Crippen MR) is 91.2 cm³/mol. The van der Waals surface area contributed by atoms with E-state index in [9.17, 15) is 4.79 Å². The van der Waals surface area contributed by atoms with Crippen LogP contribution in [0.1, 0.15) is 24.6 Å². The molecule has 3 aromatic rings. The van der Waals surface area contributed by atoms with E-state index >= 15 is 0 Å². The molecule has 0 aliphatic heterocycles. The van der Waals surface area contributed by atoms with Crippen molar-refractivity contribution in [3.63, 3.8) is 0 Å². The van der Waals surface area contributed by atoms with Crippen molar-refractivity contribution in [1.82, 2.24) is 19.6 Å². The first-order valence-corrected chi connectivity index (χ1v) is 7.99. The van der Waals surface area contributed by atoms with Crippen LogP contribution in [-0.2, 0) is 12.8 Å². The van der Waals surface area contributed by atoms with Gasteiger partial charge < -0.3 is 5.32 Å². The molecule has 2 N–H and O–H groups in total. The summed E-state index contributed by atoms with van der Waals surface area (Å²) in [6.45, 7) is 2.87. The fraction of sp³-hybridized carbons (Fsp3) is 0.312. The van der Waals surface area contributed by atoms with Crippen LogP contribution in [0.15, 0.2) is 35.4 Å². The van der Waals surface area contributed by atoms with Crippen molar-refractivity contribution in [2.24, 2.45) is 0 Å². The van der Waals surface area contributed by atoms with Crippen molar-refractivity contribution in [2.45, 2.75) is 26.2 Å². The maximum absolute atomic E-state index is 11.6. The number of anilines is 1. The lowest BCUT2D eigenvalue weighted by Crippen LogP contribution is -2.10. The zero-order chi connectivity index (χ0) is 16.2. The number of fused-ring (bicyclic) bond motifs is 1. The number of nitrogens with zero attached hydrogens (tertiary/aromatic N) is 3. The average molecular weight is 332 g/mol. The normalized spacial score (nSPS) is 11.0. The molecule has 0 aromatic carbocycles. The number of hydrogen-bond donors (Lipinski definition) is 2. The van der Waals surface area contributed by atoms with E-state index in [1.807, 2.05) is 12.3 Å². The number of aromatic amines is 1. The lowest BCUT2D eigenvalue weighted by Gasteiger charge is -2.08. The Hall–Kier alpha value is -2.34. The highest BCUT2D eigenvalue weighted by Crippen LogP contribution is 2.19. The maximum Gasteiger partial charge on any atom is 0.347 e. The summed E-state index contributed by atoms with van der Waals surface area (Å²) in [5.41, 5.74) is 3.40. The Morgan fingerprint density at radius 3 is 3.09 bits per heavy atom. The molecular formula is C16H18ClN5O. The standard InChI is InChI=1S/C16H18ClN5O/c1-2-13-8-11(5-7-18-13)4-3-6-19-14-9-12(17)10-22-15(14)20-21-16(22)23/h5,7-10,19H,2-4,6H2,1H3,(H,21,23). The second kappa shape index (κ2) is 6.83. The molecule has 0 aliphatic rings. The minimum absolute atomic E-state index is 0.297. The molecule has 3 heterocycles. The number of hydrogen-bond acceptors (Lipinski definition) is 4. The van der Waals surface area contributed by atoms with Crippen molar-refractivity contribution >= 4 is 22.9 Å². The van der Waals surface area contributed by atoms with Crippen LogP contribution >= 0.6 is 11.6 Å².